The fourth-order valence-electron chi connectivity index (χ4n) is 1.88. The quantitative estimate of drug-likeness (QED) is 0.288. The first-order chi connectivity index (χ1) is 8.68. The van der Waals surface area contributed by atoms with Gasteiger partial charge in [-0.3, -0.25) is 9.59 Å². The average Bonchev–Trinajstić information content (AvgIpc) is 2.35. The molecule has 0 N–H and O–H groups in total. The van der Waals surface area contributed by atoms with Gasteiger partial charge < -0.3 is 0 Å². The highest BCUT2D eigenvalue weighted by molar-refractivity contribution is 6.40. The van der Waals surface area contributed by atoms with E-state index in [1.165, 1.54) is 64.4 Å². The molecule has 2 heteroatoms. The Bertz CT molecular complexity index is 254. The van der Waals surface area contributed by atoms with Crippen molar-refractivity contribution in [2.45, 2.75) is 78.1 Å². The van der Waals surface area contributed by atoms with E-state index in [0.717, 1.165) is 12.8 Å². The number of carbonyl (C=O) groups is 2. The van der Waals surface area contributed by atoms with E-state index >= 15 is 0 Å². The van der Waals surface area contributed by atoms with Gasteiger partial charge >= 0.3 is 0 Å². The zero-order valence-corrected chi connectivity index (χ0v) is 12.0. The molecule has 18 heavy (non-hydrogen) atoms. The third-order valence-corrected chi connectivity index (χ3v) is 3.09. The predicted molar refractivity (Wildman–Crippen MR) is 76.7 cm³/mol. The number of Topliss-reactive ketones (excluding diaryl/α,β-unsaturated/α-hetero) is 1. The molecule has 0 saturated heterocycles. The van der Waals surface area contributed by atoms with E-state index in [4.69, 9.17) is 0 Å². The molecular formula is C16H28O2. The van der Waals surface area contributed by atoms with Gasteiger partial charge in [-0.1, -0.05) is 64.4 Å². The van der Waals surface area contributed by atoms with E-state index < -0.39 is 0 Å². The molecule has 104 valence electrons. The van der Waals surface area contributed by atoms with Crippen molar-refractivity contribution in [1.29, 1.82) is 0 Å². The molecule has 0 aliphatic carbocycles. The molecule has 0 radical (unpaired) electrons. The molecule has 2 nitrogen and oxygen atoms in total. The number of carbonyl (C=O) groups excluding carboxylic acids is 2. The van der Waals surface area contributed by atoms with E-state index in [1.807, 2.05) is 6.08 Å². The van der Waals surface area contributed by atoms with E-state index in [0.29, 0.717) is 0 Å². The zero-order valence-electron chi connectivity index (χ0n) is 12.0. The zero-order chi connectivity index (χ0) is 13.6. The standard InChI is InChI=1S/C16H28O2/c1-3-4-5-6-7-8-9-10-11-12-13-14-16(18)15(2)17/h13-14H,3-12H2,1-2H3. The van der Waals surface area contributed by atoms with Crippen LogP contribution in [-0.4, -0.2) is 11.6 Å². The van der Waals surface area contributed by atoms with Crippen molar-refractivity contribution < 1.29 is 9.59 Å². The van der Waals surface area contributed by atoms with Crippen molar-refractivity contribution in [2.75, 3.05) is 0 Å². The Labute approximate surface area is 112 Å². The van der Waals surface area contributed by atoms with Crippen molar-refractivity contribution in [3.8, 4) is 0 Å². The Morgan fingerprint density at radius 3 is 1.83 bits per heavy atom. The Kier molecular flexibility index (Phi) is 11.9. The van der Waals surface area contributed by atoms with Crippen LogP contribution in [0.1, 0.15) is 78.1 Å². The van der Waals surface area contributed by atoms with Crippen LogP contribution in [0.5, 0.6) is 0 Å². The van der Waals surface area contributed by atoms with Crippen molar-refractivity contribution in [3.05, 3.63) is 12.2 Å². The Balaban J connectivity index is 3.21. The van der Waals surface area contributed by atoms with Gasteiger partial charge in [0, 0.05) is 6.92 Å². The predicted octanol–water partition coefficient (Wildman–Crippen LogP) is 4.62. The smallest absolute Gasteiger partial charge is 0.220 e. The molecule has 0 aromatic carbocycles. The van der Waals surface area contributed by atoms with Crippen LogP contribution in [0.15, 0.2) is 12.2 Å². The summed E-state index contributed by atoms with van der Waals surface area (Å²) in [5.74, 6) is -0.760. The lowest BCUT2D eigenvalue weighted by molar-refractivity contribution is -0.132. The second-order valence-corrected chi connectivity index (χ2v) is 4.94. The van der Waals surface area contributed by atoms with Crippen LogP contribution in [0.25, 0.3) is 0 Å². The average molecular weight is 252 g/mol. The van der Waals surface area contributed by atoms with Gasteiger partial charge in [0.15, 0.2) is 5.78 Å². The Morgan fingerprint density at radius 2 is 1.33 bits per heavy atom. The van der Waals surface area contributed by atoms with E-state index in [2.05, 4.69) is 6.92 Å². The van der Waals surface area contributed by atoms with Crippen LogP contribution >= 0.6 is 0 Å². The molecule has 0 amide bonds. The van der Waals surface area contributed by atoms with Crippen molar-refractivity contribution in [3.63, 3.8) is 0 Å². The van der Waals surface area contributed by atoms with Crippen LogP contribution in [0.3, 0.4) is 0 Å². The summed E-state index contributed by atoms with van der Waals surface area (Å²) < 4.78 is 0. The number of allylic oxidation sites excluding steroid dienone is 2. The highest BCUT2D eigenvalue weighted by Gasteiger charge is 2.00. The normalized spacial score (nSPS) is 11.0. The molecule has 0 heterocycles. The summed E-state index contributed by atoms with van der Waals surface area (Å²) in [5.41, 5.74) is 0. The highest BCUT2D eigenvalue weighted by Crippen LogP contribution is 2.10. The first-order valence-electron chi connectivity index (χ1n) is 7.40. The number of ketones is 2. The van der Waals surface area contributed by atoms with Gasteiger partial charge in [0.1, 0.15) is 0 Å². The summed E-state index contributed by atoms with van der Waals surface area (Å²) in [6.07, 6.45) is 15.9. The summed E-state index contributed by atoms with van der Waals surface area (Å²) in [6, 6.07) is 0. The van der Waals surface area contributed by atoms with Gasteiger partial charge in [0.05, 0.1) is 0 Å². The van der Waals surface area contributed by atoms with Crippen molar-refractivity contribution in [2.24, 2.45) is 0 Å². The lowest BCUT2D eigenvalue weighted by Gasteiger charge is -2.00. The summed E-state index contributed by atoms with van der Waals surface area (Å²) in [4.78, 5) is 21.6. The first-order valence-corrected chi connectivity index (χ1v) is 7.40. The van der Waals surface area contributed by atoms with Crippen LogP contribution in [0.4, 0.5) is 0 Å². The number of rotatable bonds is 12. The maximum Gasteiger partial charge on any atom is 0.220 e. The first kappa shape index (κ1) is 17.1. The van der Waals surface area contributed by atoms with E-state index in [1.54, 1.807) is 0 Å². The van der Waals surface area contributed by atoms with Gasteiger partial charge in [0.25, 0.3) is 0 Å². The van der Waals surface area contributed by atoms with Crippen LogP contribution in [-0.2, 0) is 9.59 Å². The molecule has 0 aliphatic heterocycles. The molecule has 0 aliphatic rings. The molecule has 0 spiro atoms. The van der Waals surface area contributed by atoms with E-state index in [9.17, 15) is 9.59 Å². The minimum Gasteiger partial charge on any atom is -0.291 e. The van der Waals surface area contributed by atoms with Crippen LogP contribution < -0.4 is 0 Å². The lowest BCUT2D eigenvalue weighted by Crippen LogP contribution is -2.04. The fourth-order valence-corrected chi connectivity index (χ4v) is 1.88. The Hall–Kier alpha value is -0.920. The maximum atomic E-state index is 11.0. The van der Waals surface area contributed by atoms with Gasteiger partial charge in [-0.25, -0.2) is 0 Å². The van der Waals surface area contributed by atoms with Gasteiger partial charge in [0.2, 0.25) is 5.78 Å². The van der Waals surface area contributed by atoms with Crippen LogP contribution in [0.2, 0.25) is 0 Å². The number of unbranched alkanes of at least 4 members (excludes halogenated alkanes) is 9. The molecule has 0 rings (SSSR count). The summed E-state index contributed by atoms with van der Waals surface area (Å²) in [7, 11) is 0. The molecule has 0 aromatic rings. The molecule has 0 fully saturated rings. The minimum absolute atomic E-state index is 0.377. The second-order valence-electron chi connectivity index (χ2n) is 4.94. The third kappa shape index (κ3) is 11.6. The third-order valence-electron chi connectivity index (χ3n) is 3.09. The Morgan fingerprint density at radius 1 is 0.833 bits per heavy atom. The lowest BCUT2D eigenvalue weighted by atomic mass is 10.1. The molecule has 0 unspecified atom stereocenters. The SMILES string of the molecule is CCCCCCCCCCCC=CC(=O)C(C)=O. The second kappa shape index (κ2) is 12.5. The largest absolute Gasteiger partial charge is 0.291 e. The summed E-state index contributed by atoms with van der Waals surface area (Å²) in [5, 5.41) is 0. The summed E-state index contributed by atoms with van der Waals surface area (Å²) >= 11 is 0. The minimum atomic E-state index is -0.383. The molecule has 0 aromatic heterocycles. The van der Waals surface area contributed by atoms with Crippen molar-refractivity contribution >= 4 is 11.6 Å². The number of hydrogen-bond acceptors (Lipinski definition) is 2. The molecule has 0 bridgehead atoms. The molecular weight excluding hydrogens is 224 g/mol. The molecule has 0 saturated carbocycles. The number of hydrogen-bond donors (Lipinski definition) is 0. The topological polar surface area (TPSA) is 34.1 Å². The van der Waals surface area contributed by atoms with Crippen LogP contribution in [0, 0.1) is 0 Å². The fraction of sp³-hybridized carbons (Fsp3) is 0.750. The summed E-state index contributed by atoms with van der Waals surface area (Å²) in [6.45, 7) is 3.55. The van der Waals surface area contributed by atoms with Crippen molar-refractivity contribution in [1.82, 2.24) is 0 Å². The monoisotopic (exact) mass is 252 g/mol. The van der Waals surface area contributed by atoms with E-state index in [-0.39, 0.29) is 11.6 Å². The van der Waals surface area contributed by atoms with Gasteiger partial charge in [-0.15, -0.1) is 0 Å². The maximum absolute atomic E-state index is 11.0. The van der Waals surface area contributed by atoms with Gasteiger partial charge in [-0.05, 0) is 18.9 Å². The van der Waals surface area contributed by atoms with Gasteiger partial charge in [-0.2, -0.15) is 0 Å². The highest BCUT2D eigenvalue weighted by atomic mass is 16.2. The molecule has 0 atom stereocenters.